The Morgan fingerprint density at radius 2 is 1.96 bits per heavy atom. The molecule has 1 heterocycles. The first-order valence-corrected chi connectivity index (χ1v) is 6.56. The molecule has 2 aromatic carbocycles. The van der Waals surface area contributed by atoms with Gasteiger partial charge in [-0.3, -0.25) is 10.1 Å². The summed E-state index contributed by atoms with van der Waals surface area (Å²) in [5.41, 5.74) is -0.0284. The molecule has 6 nitrogen and oxygen atoms in total. The maximum atomic E-state index is 13.4. The number of carbonyl (C=O) groups excluding carboxylic acids is 1. The van der Waals surface area contributed by atoms with Gasteiger partial charge in [-0.2, -0.15) is 0 Å². The number of fused-ring (bicyclic) bond motifs is 1. The predicted molar refractivity (Wildman–Crippen MR) is 79.3 cm³/mol. The number of methoxy groups -OCH3 is 1. The summed E-state index contributed by atoms with van der Waals surface area (Å²) < 4.78 is 23.5. The van der Waals surface area contributed by atoms with Crippen LogP contribution in [0.4, 0.5) is 10.1 Å². The van der Waals surface area contributed by atoms with Gasteiger partial charge >= 0.3 is 5.97 Å². The number of benzene rings is 2. The SMILES string of the molecule is COc1ccc(/C=C2\OC(=O)c3cc(F)cc([N+](=O)[O-])c32)cc1. The van der Waals surface area contributed by atoms with Crippen LogP contribution in [0.15, 0.2) is 36.4 Å². The normalized spacial score (nSPS) is 14.5. The van der Waals surface area contributed by atoms with E-state index in [-0.39, 0.29) is 16.9 Å². The molecule has 116 valence electrons. The molecule has 0 bridgehead atoms. The van der Waals surface area contributed by atoms with E-state index in [1.807, 2.05) is 0 Å². The molecular formula is C16H10FNO5. The van der Waals surface area contributed by atoms with Crippen LogP contribution in [0.5, 0.6) is 5.75 Å². The minimum Gasteiger partial charge on any atom is -0.497 e. The summed E-state index contributed by atoms with van der Waals surface area (Å²) in [7, 11) is 1.53. The molecule has 0 saturated carbocycles. The first kappa shape index (κ1) is 14.7. The van der Waals surface area contributed by atoms with E-state index in [9.17, 15) is 19.3 Å². The molecule has 0 unspecified atom stereocenters. The van der Waals surface area contributed by atoms with Gasteiger partial charge in [0.15, 0.2) is 0 Å². The van der Waals surface area contributed by atoms with Gasteiger partial charge in [0.1, 0.15) is 22.9 Å². The van der Waals surface area contributed by atoms with E-state index in [2.05, 4.69) is 0 Å². The topological polar surface area (TPSA) is 78.7 Å². The Bertz CT molecular complexity index is 842. The number of esters is 1. The van der Waals surface area contributed by atoms with Gasteiger partial charge < -0.3 is 9.47 Å². The van der Waals surface area contributed by atoms with Gasteiger partial charge in [0, 0.05) is 0 Å². The molecule has 0 aromatic heterocycles. The van der Waals surface area contributed by atoms with Gasteiger partial charge in [-0.05, 0) is 29.8 Å². The van der Waals surface area contributed by atoms with Gasteiger partial charge in [0.05, 0.1) is 23.7 Å². The van der Waals surface area contributed by atoms with Gasteiger partial charge in [-0.15, -0.1) is 0 Å². The number of carbonyl (C=O) groups is 1. The van der Waals surface area contributed by atoms with Crippen LogP contribution >= 0.6 is 0 Å². The average molecular weight is 315 g/mol. The van der Waals surface area contributed by atoms with Crippen LogP contribution in [0, 0.1) is 15.9 Å². The summed E-state index contributed by atoms with van der Waals surface area (Å²) in [6.45, 7) is 0. The quantitative estimate of drug-likeness (QED) is 0.492. The second kappa shape index (κ2) is 5.53. The predicted octanol–water partition coefficient (Wildman–Crippen LogP) is 3.41. The van der Waals surface area contributed by atoms with Crippen LogP contribution < -0.4 is 4.74 Å². The highest BCUT2D eigenvalue weighted by Gasteiger charge is 2.35. The Kier molecular flexibility index (Phi) is 3.53. The van der Waals surface area contributed by atoms with Crippen molar-refractivity contribution >= 4 is 23.5 Å². The molecule has 0 radical (unpaired) electrons. The number of hydrogen-bond donors (Lipinski definition) is 0. The number of cyclic esters (lactones) is 1. The first-order valence-electron chi connectivity index (χ1n) is 6.56. The summed E-state index contributed by atoms with van der Waals surface area (Å²) in [6, 6.07) is 8.49. The van der Waals surface area contributed by atoms with Crippen molar-refractivity contribution in [1.29, 1.82) is 0 Å². The second-order valence-corrected chi connectivity index (χ2v) is 4.78. The summed E-state index contributed by atoms with van der Waals surface area (Å²) in [5.74, 6) is -1.02. The summed E-state index contributed by atoms with van der Waals surface area (Å²) in [6.07, 6.45) is 1.48. The number of nitrogens with zero attached hydrogens (tertiary/aromatic N) is 1. The number of hydrogen-bond acceptors (Lipinski definition) is 5. The van der Waals surface area contributed by atoms with Crippen molar-refractivity contribution in [2.75, 3.05) is 7.11 Å². The molecule has 0 aliphatic carbocycles. The minimum atomic E-state index is -0.863. The molecule has 0 atom stereocenters. The Morgan fingerprint density at radius 3 is 2.57 bits per heavy atom. The highest BCUT2D eigenvalue weighted by Crippen LogP contribution is 2.38. The molecule has 0 amide bonds. The van der Waals surface area contributed by atoms with Crippen LogP contribution in [0.2, 0.25) is 0 Å². The fraction of sp³-hybridized carbons (Fsp3) is 0.0625. The molecule has 3 rings (SSSR count). The Labute approximate surface area is 129 Å². The summed E-state index contributed by atoms with van der Waals surface area (Å²) in [4.78, 5) is 22.2. The van der Waals surface area contributed by atoms with Crippen molar-refractivity contribution in [2.24, 2.45) is 0 Å². The van der Waals surface area contributed by atoms with E-state index in [1.54, 1.807) is 24.3 Å². The molecule has 1 aliphatic heterocycles. The zero-order valence-electron chi connectivity index (χ0n) is 11.9. The number of halogens is 1. The van der Waals surface area contributed by atoms with Crippen LogP contribution in [0.25, 0.3) is 11.8 Å². The van der Waals surface area contributed by atoms with Crippen LogP contribution in [0.3, 0.4) is 0 Å². The summed E-state index contributed by atoms with van der Waals surface area (Å²) >= 11 is 0. The molecule has 0 fully saturated rings. The highest BCUT2D eigenvalue weighted by molar-refractivity contribution is 6.07. The molecule has 1 aliphatic rings. The highest BCUT2D eigenvalue weighted by atomic mass is 19.1. The zero-order chi connectivity index (χ0) is 16.6. The number of nitro groups is 1. The molecule has 23 heavy (non-hydrogen) atoms. The van der Waals surface area contributed by atoms with E-state index < -0.39 is 22.4 Å². The lowest BCUT2D eigenvalue weighted by atomic mass is 10.0. The maximum Gasteiger partial charge on any atom is 0.344 e. The van der Waals surface area contributed by atoms with E-state index in [0.717, 1.165) is 12.1 Å². The lowest BCUT2D eigenvalue weighted by Gasteiger charge is -2.02. The number of nitro benzene ring substituents is 1. The molecule has 0 saturated heterocycles. The smallest absolute Gasteiger partial charge is 0.344 e. The van der Waals surface area contributed by atoms with Gasteiger partial charge in [-0.25, -0.2) is 9.18 Å². The Hall–Kier alpha value is -3.22. The van der Waals surface area contributed by atoms with E-state index in [4.69, 9.17) is 9.47 Å². The first-order chi connectivity index (χ1) is 11.0. The van der Waals surface area contributed by atoms with E-state index >= 15 is 0 Å². The Morgan fingerprint density at radius 1 is 1.26 bits per heavy atom. The minimum absolute atomic E-state index is 0.0156. The third-order valence-electron chi connectivity index (χ3n) is 3.36. The van der Waals surface area contributed by atoms with Crippen molar-refractivity contribution in [3.05, 3.63) is 69.0 Å². The zero-order valence-corrected chi connectivity index (χ0v) is 11.9. The summed E-state index contributed by atoms with van der Waals surface area (Å²) in [5, 5.41) is 11.1. The maximum absolute atomic E-state index is 13.4. The molecule has 0 N–H and O–H groups in total. The largest absolute Gasteiger partial charge is 0.497 e. The fourth-order valence-electron chi connectivity index (χ4n) is 2.32. The monoisotopic (exact) mass is 315 g/mol. The van der Waals surface area contributed by atoms with Crippen LogP contribution in [-0.2, 0) is 4.74 Å². The fourth-order valence-corrected chi connectivity index (χ4v) is 2.32. The van der Waals surface area contributed by atoms with Crippen molar-refractivity contribution < 1.29 is 23.6 Å². The standard InChI is InChI=1S/C16H10FNO5/c1-22-11-4-2-9(3-5-11)6-14-15-12(16(19)23-14)7-10(17)8-13(15)18(20)21/h2-8H,1H3/b14-6-. The van der Waals surface area contributed by atoms with E-state index in [1.165, 1.54) is 13.2 Å². The van der Waals surface area contributed by atoms with Crippen molar-refractivity contribution in [3.8, 4) is 5.75 Å². The molecule has 0 spiro atoms. The molecule has 2 aromatic rings. The van der Waals surface area contributed by atoms with Gasteiger partial charge in [-0.1, -0.05) is 12.1 Å². The van der Waals surface area contributed by atoms with Crippen molar-refractivity contribution in [3.63, 3.8) is 0 Å². The number of rotatable bonds is 3. The average Bonchev–Trinajstić information content (AvgIpc) is 2.83. The number of ether oxygens (including phenoxy) is 2. The van der Waals surface area contributed by atoms with Crippen LogP contribution in [-0.4, -0.2) is 18.0 Å². The third kappa shape index (κ3) is 2.64. The third-order valence-corrected chi connectivity index (χ3v) is 3.36. The molecular weight excluding hydrogens is 305 g/mol. The lowest BCUT2D eigenvalue weighted by molar-refractivity contribution is -0.385. The van der Waals surface area contributed by atoms with E-state index in [0.29, 0.717) is 11.3 Å². The van der Waals surface area contributed by atoms with Gasteiger partial charge in [0.25, 0.3) is 5.69 Å². The second-order valence-electron chi connectivity index (χ2n) is 4.78. The van der Waals surface area contributed by atoms with Crippen LogP contribution in [0.1, 0.15) is 21.5 Å². The Balaban J connectivity index is 2.12. The van der Waals surface area contributed by atoms with Gasteiger partial charge in [0.2, 0.25) is 0 Å². The van der Waals surface area contributed by atoms with Crippen molar-refractivity contribution in [1.82, 2.24) is 0 Å². The van der Waals surface area contributed by atoms with Crippen molar-refractivity contribution in [2.45, 2.75) is 0 Å². The lowest BCUT2D eigenvalue weighted by Crippen LogP contribution is -1.98. The molecule has 7 heteroatoms.